The first-order chi connectivity index (χ1) is 8.93. The predicted molar refractivity (Wildman–Crippen MR) is 59.2 cm³/mol. The average molecular weight is 322 g/mol. The molecule has 1 radical (unpaired) electrons. The van der Waals surface area contributed by atoms with Gasteiger partial charge < -0.3 is 0 Å². The van der Waals surface area contributed by atoms with E-state index in [0.717, 1.165) is 0 Å². The SMILES string of the molecule is CCCc1[c]c(Cl)cc(C(F)(C(F)(F)F)C(F)(F)F)c1. The maximum Gasteiger partial charge on any atom is 0.435 e. The van der Waals surface area contributed by atoms with E-state index in [-0.39, 0.29) is 12.0 Å². The second-order valence-corrected chi connectivity index (χ2v) is 4.55. The number of aryl methyl sites for hydroxylation is 1. The largest absolute Gasteiger partial charge is 0.435 e. The average Bonchev–Trinajstić information content (AvgIpc) is 2.24. The highest BCUT2D eigenvalue weighted by molar-refractivity contribution is 6.30. The van der Waals surface area contributed by atoms with Gasteiger partial charge in [0, 0.05) is 16.7 Å². The van der Waals surface area contributed by atoms with Crippen LogP contribution in [-0.4, -0.2) is 12.4 Å². The van der Waals surface area contributed by atoms with E-state index >= 15 is 0 Å². The number of rotatable bonds is 3. The van der Waals surface area contributed by atoms with Crippen LogP contribution in [0.15, 0.2) is 12.1 Å². The van der Waals surface area contributed by atoms with Crippen molar-refractivity contribution in [2.75, 3.05) is 0 Å². The molecule has 0 spiro atoms. The fourth-order valence-electron chi connectivity index (χ4n) is 1.68. The first kappa shape index (κ1) is 17.1. The lowest BCUT2D eigenvalue weighted by molar-refractivity contribution is -0.348. The fourth-order valence-corrected chi connectivity index (χ4v) is 1.92. The van der Waals surface area contributed by atoms with E-state index in [9.17, 15) is 30.7 Å². The van der Waals surface area contributed by atoms with Crippen molar-refractivity contribution in [2.45, 2.75) is 37.8 Å². The highest BCUT2D eigenvalue weighted by Crippen LogP contribution is 2.53. The molecule has 0 nitrogen and oxygen atoms in total. The fraction of sp³-hybridized carbons (Fsp3) is 0.500. The molecule has 8 heteroatoms. The number of halogens is 8. The Balaban J connectivity index is 3.51. The van der Waals surface area contributed by atoms with Crippen LogP contribution < -0.4 is 0 Å². The second kappa shape index (κ2) is 5.42. The summed E-state index contributed by atoms with van der Waals surface area (Å²) < 4.78 is 89.3. The summed E-state index contributed by atoms with van der Waals surface area (Å²) in [5.41, 5.74) is -7.04. The quantitative estimate of drug-likeness (QED) is 0.655. The van der Waals surface area contributed by atoms with E-state index in [2.05, 4.69) is 6.07 Å². The van der Waals surface area contributed by atoms with E-state index < -0.39 is 28.6 Å². The first-order valence-corrected chi connectivity index (χ1v) is 5.86. The lowest BCUT2D eigenvalue weighted by Crippen LogP contribution is -2.50. The molecule has 0 N–H and O–H groups in total. The molecule has 113 valence electrons. The lowest BCUT2D eigenvalue weighted by Gasteiger charge is -2.30. The lowest BCUT2D eigenvalue weighted by atomic mass is 9.92. The number of hydrogen-bond donors (Lipinski definition) is 0. The molecule has 0 fully saturated rings. The van der Waals surface area contributed by atoms with Crippen molar-refractivity contribution in [1.82, 2.24) is 0 Å². The molecule has 0 unspecified atom stereocenters. The molecule has 0 saturated carbocycles. The van der Waals surface area contributed by atoms with Crippen molar-refractivity contribution in [1.29, 1.82) is 0 Å². The van der Waals surface area contributed by atoms with Gasteiger partial charge in [-0.2, -0.15) is 26.3 Å². The molecule has 20 heavy (non-hydrogen) atoms. The third-order valence-corrected chi connectivity index (χ3v) is 2.79. The maximum atomic E-state index is 13.8. The van der Waals surface area contributed by atoms with Crippen LogP contribution in [0.25, 0.3) is 0 Å². The molecule has 0 aliphatic heterocycles. The van der Waals surface area contributed by atoms with Gasteiger partial charge >= 0.3 is 18.0 Å². The first-order valence-electron chi connectivity index (χ1n) is 5.48. The van der Waals surface area contributed by atoms with E-state index in [4.69, 9.17) is 11.6 Å². The van der Waals surface area contributed by atoms with Gasteiger partial charge in [0.05, 0.1) is 0 Å². The van der Waals surface area contributed by atoms with Crippen LogP contribution in [0, 0.1) is 6.07 Å². The third-order valence-electron chi connectivity index (χ3n) is 2.59. The predicted octanol–water partition coefficient (Wildman–Crippen LogP) is 5.38. The van der Waals surface area contributed by atoms with Crippen molar-refractivity contribution >= 4 is 11.6 Å². The topological polar surface area (TPSA) is 0 Å². The molecule has 1 rings (SSSR count). The summed E-state index contributed by atoms with van der Waals surface area (Å²) in [6.45, 7) is 1.66. The van der Waals surface area contributed by atoms with Gasteiger partial charge in [-0.05, 0) is 18.1 Å². The van der Waals surface area contributed by atoms with Crippen LogP contribution in [0.2, 0.25) is 5.02 Å². The van der Waals surface area contributed by atoms with Crippen molar-refractivity contribution in [3.63, 3.8) is 0 Å². The van der Waals surface area contributed by atoms with Gasteiger partial charge in [-0.1, -0.05) is 31.0 Å². The second-order valence-electron chi connectivity index (χ2n) is 4.15. The summed E-state index contributed by atoms with van der Waals surface area (Å²) in [7, 11) is 0. The smallest absolute Gasteiger partial charge is 0.218 e. The molecule has 1 aromatic carbocycles. The number of alkyl halides is 7. The van der Waals surface area contributed by atoms with Gasteiger partial charge in [0.2, 0.25) is 0 Å². The number of benzene rings is 1. The summed E-state index contributed by atoms with van der Waals surface area (Å²) in [6, 6.07) is 3.18. The van der Waals surface area contributed by atoms with E-state index in [0.29, 0.717) is 18.6 Å². The zero-order valence-corrected chi connectivity index (χ0v) is 10.8. The van der Waals surface area contributed by atoms with Crippen LogP contribution in [0.5, 0.6) is 0 Å². The van der Waals surface area contributed by atoms with Crippen molar-refractivity contribution in [2.24, 2.45) is 0 Å². The van der Waals surface area contributed by atoms with E-state index in [1.54, 1.807) is 6.92 Å². The Bertz CT molecular complexity index is 462. The van der Waals surface area contributed by atoms with Crippen LogP contribution in [0.1, 0.15) is 24.5 Å². The minimum atomic E-state index is -6.14. The molecule has 0 aromatic heterocycles. The molecule has 0 bridgehead atoms. The highest BCUT2D eigenvalue weighted by Gasteiger charge is 2.73. The van der Waals surface area contributed by atoms with Crippen LogP contribution in [-0.2, 0) is 12.1 Å². The van der Waals surface area contributed by atoms with E-state index in [1.165, 1.54) is 0 Å². The van der Waals surface area contributed by atoms with Crippen molar-refractivity contribution in [3.8, 4) is 0 Å². The summed E-state index contributed by atoms with van der Waals surface area (Å²) in [5, 5.41) is -0.499. The monoisotopic (exact) mass is 321 g/mol. The minimum Gasteiger partial charge on any atom is -0.218 e. The third kappa shape index (κ3) is 3.02. The Morgan fingerprint density at radius 1 is 1.00 bits per heavy atom. The highest BCUT2D eigenvalue weighted by atomic mass is 35.5. The van der Waals surface area contributed by atoms with Gasteiger partial charge in [0.1, 0.15) is 0 Å². The molecule has 0 heterocycles. The van der Waals surface area contributed by atoms with Crippen LogP contribution in [0.3, 0.4) is 0 Å². The Labute approximate surface area is 115 Å². The Kier molecular flexibility index (Phi) is 4.63. The van der Waals surface area contributed by atoms with Gasteiger partial charge in [-0.25, -0.2) is 4.39 Å². The molecule has 0 aliphatic rings. The summed E-state index contributed by atoms with van der Waals surface area (Å²) >= 11 is 5.44. The molecular formula is C12H9ClF7. The molecular weight excluding hydrogens is 313 g/mol. The zero-order chi connectivity index (χ0) is 15.8. The Hall–Kier alpha value is -0.980. The number of hydrogen-bond acceptors (Lipinski definition) is 0. The van der Waals surface area contributed by atoms with Crippen molar-refractivity contribution < 1.29 is 30.7 Å². The van der Waals surface area contributed by atoms with E-state index in [1.807, 2.05) is 0 Å². The zero-order valence-electron chi connectivity index (χ0n) is 10.1. The summed E-state index contributed by atoms with van der Waals surface area (Å²) in [5.74, 6) is 0. The maximum absolute atomic E-state index is 13.8. The van der Waals surface area contributed by atoms with Gasteiger partial charge in [-0.3, -0.25) is 0 Å². The van der Waals surface area contributed by atoms with Crippen LogP contribution >= 0.6 is 11.6 Å². The Morgan fingerprint density at radius 2 is 1.50 bits per heavy atom. The van der Waals surface area contributed by atoms with Gasteiger partial charge in [-0.15, -0.1) is 0 Å². The van der Waals surface area contributed by atoms with Gasteiger partial charge in [0.25, 0.3) is 0 Å². The van der Waals surface area contributed by atoms with Crippen LogP contribution in [0.4, 0.5) is 30.7 Å². The normalized spacial score (nSPS) is 13.7. The molecule has 0 atom stereocenters. The Morgan fingerprint density at radius 3 is 1.90 bits per heavy atom. The molecule has 0 amide bonds. The minimum absolute atomic E-state index is 0.00877. The summed E-state index contributed by atoms with van der Waals surface area (Å²) in [6.07, 6.45) is -11.7. The van der Waals surface area contributed by atoms with Gasteiger partial charge in [0.15, 0.2) is 0 Å². The summed E-state index contributed by atoms with van der Waals surface area (Å²) in [4.78, 5) is 0. The van der Waals surface area contributed by atoms with Crippen molar-refractivity contribution in [3.05, 3.63) is 34.3 Å². The molecule has 0 saturated heterocycles. The molecule has 1 aromatic rings. The molecule has 0 aliphatic carbocycles. The standard InChI is InChI=1S/C12H9ClF7/c1-2-3-7-4-8(6-9(13)5-7)10(14,11(15,16)17)12(18,19)20/h4,6H,2-3H2,1H3.